The summed E-state index contributed by atoms with van der Waals surface area (Å²) in [5.74, 6) is 0.273. The van der Waals surface area contributed by atoms with Gasteiger partial charge in [-0.05, 0) is 55.5 Å². The standard InChI is InChI=1S/C22H18ClN3O4S/c1-13-10-18-20(28)26(16-5-3-4-14(23)11-16)22(29)25(21(18)31-13)12-19(27)24-15-6-8-17(30-2)9-7-15/h3-11H,12H2,1-2H3,(H,24,27). The molecule has 7 nitrogen and oxygen atoms in total. The highest BCUT2D eigenvalue weighted by molar-refractivity contribution is 7.18. The van der Waals surface area contributed by atoms with Gasteiger partial charge in [-0.25, -0.2) is 9.36 Å². The molecule has 4 rings (SSSR count). The fraction of sp³-hybridized carbons (Fsp3) is 0.136. The van der Waals surface area contributed by atoms with Crippen LogP contribution in [0.5, 0.6) is 5.75 Å². The van der Waals surface area contributed by atoms with E-state index >= 15 is 0 Å². The summed E-state index contributed by atoms with van der Waals surface area (Å²) in [6, 6.07) is 15.1. The van der Waals surface area contributed by atoms with Crippen LogP contribution in [0.15, 0.2) is 64.2 Å². The van der Waals surface area contributed by atoms with Gasteiger partial charge in [0.25, 0.3) is 5.56 Å². The number of carbonyl (C=O) groups excluding carboxylic acids is 1. The minimum Gasteiger partial charge on any atom is -0.497 e. The molecular weight excluding hydrogens is 438 g/mol. The largest absolute Gasteiger partial charge is 0.497 e. The zero-order valence-corrected chi connectivity index (χ0v) is 18.3. The minimum atomic E-state index is -0.605. The Morgan fingerprint density at radius 3 is 2.55 bits per heavy atom. The first-order chi connectivity index (χ1) is 14.9. The Labute approximate surface area is 186 Å². The molecule has 0 saturated carbocycles. The first-order valence-corrected chi connectivity index (χ1v) is 10.5. The number of aryl methyl sites for hydroxylation is 1. The Morgan fingerprint density at radius 1 is 1.13 bits per heavy atom. The molecule has 0 aliphatic rings. The van der Waals surface area contributed by atoms with Crippen molar-refractivity contribution in [3.05, 3.63) is 85.3 Å². The monoisotopic (exact) mass is 455 g/mol. The van der Waals surface area contributed by atoms with E-state index in [1.807, 2.05) is 6.92 Å². The summed E-state index contributed by atoms with van der Waals surface area (Å²) in [7, 11) is 1.56. The molecule has 0 fully saturated rings. The van der Waals surface area contributed by atoms with Crippen LogP contribution >= 0.6 is 22.9 Å². The molecule has 9 heteroatoms. The fourth-order valence-corrected chi connectivity index (χ4v) is 4.45. The third kappa shape index (κ3) is 4.12. The summed E-state index contributed by atoms with van der Waals surface area (Å²) in [6.07, 6.45) is 0. The van der Waals surface area contributed by atoms with Crippen LogP contribution in [0.3, 0.4) is 0 Å². The van der Waals surface area contributed by atoms with Gasteiger partial charge in [0.05, 0.1) is 18.2 Å². The van der Waals surface area contributed by atoms with Gasteiger partial charge >= 0.3 is 5.69 Å². The summed E-state index contributed by atoms with van der Waals surface area (Å²) in [5, 5.41) is 3.54. The summed E-state index contributed by atoms with van der Waals surface area (Å²) >= 11 is 7.36. The molecule has 1 amide bonds. The predicted molar refractivity (Wildman–Crippen MR) is 123 cm³/mol. The Balaban J connectivity index is 1.78. The summed E-state index contributed by atoms with van der Waals surface area (Å²) in [4.78, 5) is 40.4. The number of hydrogen-bond donors (Lipinski definition) is 1. The Bertz CT molecular complexity index is 1400. The van der Waals surface area contributed by atoms with E-state index in [0.717, 1.165) is 9.44 Å². The lowest BCUT2D eigenvalue weighted by atomic mass is 10.3. The second-order valence-corrected chi connectivity index (χ2v) is 8.51. The molecule has 0 aliphatic heterocycles. The van der Waals surface area contributed by atoms with E-state index in [2.05, 4.69) is 5.32 Å². The molecule has 0 radical (unpaired) electrons. The van der Waals surface area contributed by atoms with Crippen molar-refractivity contribution in [2.75, 3.05) is 12.4 Å². The molecule has 0 bridgehead atoms. The van der Waals surface area contributed by atoms with Gasteiger partial charge in [-0.15, -0.1) is 11.3 Å². The molecule has 31 heavy (non-hydrogen) atoms. The van der Waals surface area contributed by atoms with Gasteiger partial charge < -0.3 is 10.1 Å². The number of ether oxygens (including phenoxy) is 1. The van der Waals surface area contributed by atoms with Crippen LogP contribution in [0.25, 0.3) is 15.9 Å². The third-order valence-corrected chi connectivity index (χ3v) is 5.99. The van der Waals surface area contributed by atoms with Crippen molar-refractivity contribution < 1.29 is 9.53 Å². The van der Waals surface area contributed by atoms with Gasteiger partial charge in [0.15, 0.2) is 0 Å². The SMILES string of the molecule is COc1ccc(NC(=O)Cn2c(=O)n(-c3cccc(Cl)c3)c(=O)c3cc(C)sc32)cc1. The van der Waals surface area contributed by atoms with Gasteiger partial charge in [-0.2, -0.15) is 0 Å². The zero-order valence-electron chi connectivity index (χ0n) is 16.7. The highest BCUT2D eigenvalue weighted by Crippen LogP contribution is 2.22. The van der Waals surface area contributed by atoms with E-state index in [4.69, 9.17) is 16.3 Å². The van der Waals surface area contributed by atoms with E-state index in [1.54, 1.807) is 55.6 Å². The van der Waals surface area contributed by atoms with Gasteiger partial charge in [0.1, 0.15) is 17.1 Å². The van der Waals surface area contributed by atoms with Crippen LogP contribution in [0.2, 0.25) is 5.02 Å². The van der Waals surface area contributed by atoms with Crippen LogP contribution in [0.1, 0.15) is 4.88 Å². The molecule has 0 atom stereocenters. The topological polar surface area (TPSA) is 82.3 Å². The molecule has 4 aromatic rings. The van der Waals surface area contributed by atoms with Crippen molar-refractivity contribution in [1.82, 2.24) is 9.13 Å². The number of nitrogens with one attached hydrogen (secondary N) is 1. The number of thiophene rings is 1. The van der Waals surface area contributed by atoms with Crippen LogP contribution in [0, 0.1) is 6.92 Å². The number of benzene rings is 2. The van der Waals surface area contributed by atoms with Crippen molar-refractivity contribution in [1.29, 1.82) is 0 Å². The number of aromatic nitrogens is 2. The Morgan fingerprint density at radius 2 is 1.87 bits per heavy atom. The summed E-state index contributed by atoms with van der Waals surface area (Å²) in [5.41, 5.74) is -0.136. The number of methoxy groups -OCH3 is 1. The third-order valence-electron chi connectivity index (χ3n) is 4.68. The lowest BCUT2D eigenvalue weighted by molar-refractivity contribution is -0.116. The highest BCUT2D eigenvalue weighted by Gasteiger charge is 2.19. The average Bonchev–Trinajstić information content (AvgIpc) is 3.14. The Kier molecular flexibility index (Phi) is 5.67. The smallest absolute Gasteiger partial charge is 0.337 e. The van der Waals surface area contributed by atoms with Crippen molar-refractivity contribution in [2.24, 2.45) is 0 Å². The maximum atomic E-state index is 13.3. The number of rotatable bonds is 5. The molecule has 2 heterocycles. The fourth-order valence-electron chi connectivity index (χ4n) is 3.27. The maximum absolute atomic E-state index is 13.3. The number of hydrogen-bond acceptors (Lipinski definition) is 5. The van der Waals surface area contributed by atoms with Gasteiger partial charge in [0, 0.05) is 15.6 Å². The molecule has 2 aromatic heterocycles. The number of anilines is 1. The molecule has 2 aromatic carbocycles. The first-order valence-electron chi connectivity index (χ1n) is 9.33. The lowest BCUT2D eigenvalue weighted by Gasteiger charge is -2.12. The summed E-state index contributed by atoms with van der Waals surface area (Å²) in [6.45, 7) is 1.60. The quantitative estimate of drug-likeness (QED) is 0.496. The van der Waals surface area contributed by atoms with Crippen LogP contribution < -0.4 is 21.3 Å². The summed E-state index contributed by atoms with van der Waals surface area (Å²) < 4.78 is 7.47. The maximum Gasteiger partial charge on any atom is 0.337 e. The number of fused-ring (bicyclic) bond motifs is 1. The highest BCUT2D eigenvalue weighted by atomic mass is 35.5. The minimum absolute atomic E-state index is 0.248. The molecule has 0 aliphatic carbocycles. The van der Waals surface area contributed by atoms with E-state index < -0.39 is 17.2 Å². The van der Waals surface area contributed by atoms with Crippen LogP contribution in [0.4, 0.5) is 5.69 Å². The normalized spacial score (nSPS) is 10.9. The molecule has 1 N–H and O–H groups in total. The van der Waals surface area contributed by atoms with Crippen molar-refractivity contribution in [3.8, 4) is 11.4 Å². The second kappa shape index (κ2) is 8.41. The van der Waals surface area contributed by atoms with Crippen molar-refractivity contribution >= 4 is 44.7 Å². The second-order valence-electron chi connectivity index (χ2n) is 6.84. The predicted octanol–water partition coefficient (Wildman–Crippen LogP) is 3.82. The van der Waals surface area contributed by atoms with Gasteiger partial charge in [-0.3, -0.25) is 14.2 Å². The number of carbonyl (C=O) groups is 1. The first kappa shape index (κ1) is 20.9. The van der Waals surface area contributed by atoms with Crippen molar-refractivity contribution in [3.63, 3.8) is 0 Å². The van der Waals surface area contributed by atoms with Crippen molar-refractivity contribution in [2.45, 2.75) is 13.5 Å². The zero-order chi connectivity index (χ0) is 22.1. The number of halogens is 1. The molecule has 0 unspecified atom stereocenters. The van der Waals surface area contributed by atoms with E-state index in [9.17, 15) is 14.4 Å². The Hall–Kier alpha value is -3.36. The van der Waals surface area contributed by atoms with Crippen LogP contribution in [-0.2, 0) is 11.3 Å². The molecule has 158 valence electrons. The lowest BCUT2D eigenvalue weighted by Crippen LogP contribution is -2.40. The van der Waals surface area contributed by atoms with E-state index in [0.29, 0.717) is 32.4 Å². The van der Waals surface area contributed by atoms with Crippen LogP contribution in [-0.4, -0.2) is 22.2 Å². The van der Waals surface area contributed by atoms with E-state index in [1.165, 1.54) is 22.0 Å². The molecular formula is C22H18ClN3O4S. The van der Waals surface area contributed by atoms with E-state index in [-0.39, 0.29) is 6.54 Å². The number of nitrogens with zero attached hydrogens (tertiary/aromatic N) is 2. The van der Waals surface area contributed by atoms with Gasteiger partial charge in [-0.1, -0.05) is 17.7 Å². The molecule has 0 saturated heterocycles. The molecule has 0 spiro atoms. The average molecular weight is 456 g/mol. The number of amides is 1. The van der Waals surface area contributed by atoms with Gasteiger partial charge in [0.2, 0.25) is 5.91 Å².